The average Bonchev–Trinajstić information content (AvgIpc) is 2.92. The first-order valence-electron chi connectivity index (χ1n) is 8.06. The molecule has 0 aliphatic carbocycles. The van der Waals surface area contributed by atoms with Gasteiger partial charge >= 0.3 is 6.03 Å². The Labute approximate surface area is 141 Å². The Morgan fingerprint density at radius 1 is 1.08 bits per heavy atom. The van der Waals surface area contributed by atoms with Crippen molar-refractivity contribution in [3.8, 4) is 0 Å². The second kappa shape index (κ2) is 6.74. The van der Waals surface area contributed by atoms with Crippen LogP contribution in [0.1, 0.15) is 17.5 Å². The molecule has 0 radical (unpaired) electrons. The molecule has 5 nitrogen and oxygen atoms in total. The van der Waals surface area contributed by atoms with Gasteiger partial charge in [0, 0.05) is 17.9 Å². The van der Waals surface area contributed by atoms with E-state index >= 15 is 0 Å². The van der Waals surface area contributed by atoms with Crippen molar-refractivity contribution in [1.29, 1.82) is 0 Å². The quantitative estimate of drug-likeness (QED) is 0.911. The normalized spacial score (nSPS) is 17.0. The van der Waals surface area contributed by atoms with Gasteiger partial charge in [-0.2, -0.15) is 0 Å². The Bertz CT molecular complexity index is 758. The number of rotatable bonds is 3. The van der Waals surface area contributed by atoms with Crippen molar-refractivity contribution in [1.82, 2.24) is 5.32 Å². The van der Waals surface area contributed by atoms with Gasteiger partial charge in [-0.05, 0) is 55.7 Å². The zero-order valence-corrected chi connectivity index (χ0v) is 13.9. The van der Waals surface area contributed by atoms with E-state index in [4.69, 9.17) is 0 Å². The number of nitrogens with one attached hydrogen (secondary N) is 2. The predicted molar refractivity (Wildman–Crippen MR) is 95.3 cm³/mol. The minimum absolute atomic E-state index is 0.0727. The molecule has 124 valence electrons. The number of carbonyl (C=O) groups is 2. The summed E-state index contributed by atoms with van der Waals surface area (Å²) in [5, 5.41) is 5.56. The third-order valence-corrected chi connectivity index (χ3v) is 4.34. The Morgan fingerprint density at radius 3 is 2.54 bits per heavy atom. The number of urea groups is 1. The van der Waals surface area contributed by atoms with Gasteiger partial charge in [0.1, 0.15) is 6.04 Å². The van der Waals surface area contributed by atoms with Gasteiger partial charge in [0.05, 0.1) is 0 Å². The number of aryl methyl sites for hydroxylation is 2. The highest BCUT2D eigenvalue weighted by Gasteiger charge is 2.33. The number of anilines is 2. The molecule has 1 fully saturated rings. The van der Waals surface area contributed by atoms with Gasteiger partial charge in [-0.1, -0.05) is 24.3 Å². The molecular formula is C19H21N3O2. The van der Waals surface area contributed by atoms with Crippen LogP contribution in [-0.2, 0) is 4.79 Å². The maximum absolute atomic E-state index is 12.5. The molecule has 2 aromatic rings. The van der Waals surface area contributed by atoms with Crippen molar-refractivity contribution in [3.63, 3.8) is 0 Å². The van der Waals surface area contributed by atoms with E-state index in [1.165, 1.54) is 5.56 Å². The first-order valence-corrected chi connectivity index (χ1v) is 8.06. The van der Waals surface area contributed by atoms with E-state index in [2.05, 4.69) is 10.6 Å². The summed E-state index contributed by atoms with van der Waals surface area (Å²) in [6, 6.07) is 14.4. The average molecular weight is 323 g/mol. The Morgan fingerprint density at radius 2 is 1.83 bits per heavy atom. The van der Waals surface area contributed by atoms with Crippen molar-refractivity contribution in [2.24, 2.45) is 0 Å². The summed E-state index contributed by atoms with van der Waals surface area (Å²) in [5.41, 5.74) is 3.87. The zero-order valence-electron chi connectivity index (χ0n) is 13.9. The summed E-state index contributed by atoms with van der Waals surface area (Å²) in [7, 11) is 0. The van der Waals surface area contributed by atoms with E-state index in [0.29, 0.717) is 13.0 Å². The van der Waals surface area contributed by atoms with Crippen LogP contribution in [0.2, 0.25) is 0 Å². The Hall–Kier alpha value is -2.82. The molecule has 0 saturated carbocycles. The fraction of sp³-hybridized carbons (Fsp3) is 0.263. The molecule has 3 amide bonds. The first-order chi connectivity index (χ1) is 11.5. The lowest BCUT2D eigenvalue weighted by Crippen LogP contribution is -2.43. The molecule has 0 unspecified atom stereocenters. The molecule has 0 spiro atoms. The van der Waals surface area contributed by atoms with Crippen LogP contribution in [0, 0.1) is 13.8 Å². The summed E-state index contributed by atoms with van der Waals surface area (Å²) in [5.74, 6) is -0.0727. The van der Waals surface area contributed by atoms with Gasteiger partial charge in [-0.3, -0.25) is 4.79 Å². The van der Waals surface area contributed by atoms with Crippen molar-refractivity contribution in [2.75, 3.05) is 16.8 Å². The van der Waals surface area contributed by atoms with E-state index in [9.17, 15) is 9.59 Å². The molecule has 2 aromatic carbocycles. The highest BCUT2D eigenvalue weighted by Crippen LogP contribution is 2.21. The van der Waals surface area contributed by atoms with Gasteiger partial charge in [-0.25, -0.2) is 4.79 Å². The van der Waals surface area contributed by atoms with Crippen molar-refractivity contribution in [3.05, 3.63) is 59.7 Å². The van der Waals surface area contributed by atoms with Crippen LogP contribution in [0.3, 0.4) is 0 Å². The summed E-state index contributed by atoms with van der Waals surface area (Å²) < 4.78 is 0. The second-order valence-corrected chi connectivity index (χ2v) is 6.06. The van der Waals surface area contributed by atoms with Gasteiger partial charge < -0.3 is 15.5 Å². The molecule has 0 aromatic heterocycles. The number of carbonyl (C=O) groups excluding carboxylic acids is 2. The lowest BCUT2D eigenvalue weighted by Gasteiger charge is -2.17. The second-order valence-electron chi connectivity index (χ2n) is 6.06. The van der Waals surface area contributed by atoms with Gasteiger partial charge in [0.2, 0.25) is 5.91 Å². The number of benzene rings is 2. The maximum atomic E-state index is 12.5. The van der Waals surface area contributed by atoms with Gasteiger partial charge in [0.15, 0.2) is 0 Å². The summed E-state index contributed by atoms with van der Waals surface area (Å²) in [6.45, 7) is 4.63. The van der Waals surface area contributed by atoms with Crippen LogP contribution in [0.25, 0.3) is 0 Å². The van der Waals surface area contributed by atoms with Crippen LogP contribution in [0.4, 0.5) is 16.2 Å². The molecule has 5 heteroatoms. The number of hydrogen-bond donors (Lipinski definition) is 2. The van der Waals surface area contributed by atoms with Crippen LogP contribution < -0.4 is 15.5 Å². The van der Waals surface area contributed by atoms with Crippen LogP contribution in [0.5, 0.6) is 0 Å². The number of para-hydroxylation sites is 1. The Kier molecular flexibility index (Phi) is 4.51. The predicted octanol–water partition coefficient (Wildman–Crippen LogP) is 3.23. The molecule has 1 aliphatic heterocycles. The lowest BCUT2D eigenvalue weighted by atomic mass is 10.1. The minimum Gasteiger partial charge on any atom is -0.326 e. The molecular weight excluding hydrogens is 302 g/mol. The van der Waals surface area contributed by atoms with E-state index in [-0.39, 0.29) is 11.9 Å². The summed E-state index contributed by atoms with van der Waals surface area (Å²) in [6.07, 6.45) is 0.605. The molecule has 1 saturated heterocycles. The molecule has 24 heavy (non-hydrogen) atoms. The standard InChI is InChI=1S/C19H21N3O2/c1-13-8-9-15(12-14(13)2)20-19(24)21-17-10-11-22(18(17)23)16-6-4-3-5-7-16/h3-9,12,17H,10-11H2,1-2H3,(H2,20,21,24)/t17-/m1/s1. The highest BCUT2D eigenvalue weighted by atomic mass is 16.2. The molecule has 2 N–H and O–H groups in total. The smallest absolute Gasteiger partial charge is 0.319 e. The number of hydrogen-bond acceptors (Lipinski definition) is 2. The largest absolute Gasteiger partial charge is 0.326 e. The van der Waals surface area contributed by atoms with Gasteiger partial charge in [0.25, 0.3) is 0 Å². The SMILES string of the molecule is Cc1ccc(NC(=O)N[C@@H]2CCN(c3ccccc3)C2=O)cc1C. The first kappa shape index (κ1) is 16.1. The third-order valence-electron chi connectivity index (χ3n) is 4.34. The third kappa shape index (κ3) is 3.40. The summed E-state index contributed by atoms with van der Waals surface area (Å²) >= 11 is 0. The van der Waals surface area contributed by atoms with Crippen molar-refractivity contribution >= 4 is 23.3 Å². The molecule has 3 rings (SSSR count). The highest BCUT2D eigenvalue weighted by molar-refractivity contribution is 6.02. The number of amides is 3. The minimum atomic E-state index is -0.489. The molecule has 1 atom stereocenters. The topological polar surface area (TPSA) is 61.4 Å². The van der Waals surface area contributed by atoms with Gasteiger partial charge in [-0.15, -0.1) is 0 Å². The van der Waals surface area contributed by atoms with E-state index in [1.54, 1.807) is 4.90 Å². The monoisotopic (exact) mass is 323 g/mol. The maximum Gasteiger partial charge on any atom is 0.319 e. The van der Waals surface area contributed by atoms with Crippen LogP contribution in [0.15, 0.2) is 48.5 Å². The fourth-order valence-electron chi connectivity index (χ4n) is 2.82. The lowest BCUT2D eigenvalue weighted by molar-refractivity contribution is -0.118. The van der Waals surface area contributed by atoms with Crippen LogP contribution >= 0.6 is 0 Å². The zero-order chi connectivity index (χ0) is 17.1. The summed E-state index contributed by atoms with van der Waals surface area (Å²) in [4.78, 5) is 26.3. The van der Waals surface area contributed by atoms with Crippen LogP contribution in [-0.4, -0.2) is 24.5 Å². The van der Waals surface area contributed by atoms with Crippen molar-refractivity contribution < 1.29 is 9.59 Å². The van der Waals surface area contributed by atoms with E-state index < -0.39 is 6.04 Å². The molecule has 1 aliphatic rings. The number of nitrogens with zero attached hydrogens (tertiary/aromatic N) is 1. The molecule has 0 bridgehead atoms. The van der Waals surface area contributed by atoms with E-state index in [1.807, 2.05) is 62.4 Å². The van der Waals surface area contributed by atoms with Crippen molar-refractivity contribution in [2.45, 2.75) is 26.3 Å². The Balaban J connectivity index is 1.61. The molecule has 1 heterocycles. The van der Waals surface area contributed by atoms with E-state index in [0.717, 1.165) is 16.9 Å². The fourth-order valence-corrected chi connectivity index (χ4v) is 2.82.